The number of halogens is 2. The third-order valence-corrected chi connectivity index (χ3v) is 5.42. The van der Waals surface area contributed by atoms with Crippen LogP contribution in [0.5, 0.6) is 0 Å². The number of ether oxygens (including phenoxy) is 1. The molecule has 4 nitrogen and oxygen atoms in total. The summed E-state index contributed by atoms with van der Waals surface area (Å²) in [6, 6.07) is 18.2. The summed E-state index contributed by atoms with van der Waals surface area (Å²) < 4.78 is 32.8. The van der Waals surface area contributed by atoms with E-state index in [2.05, 4.69) is 5.32 Å². The Morgan fingerprint density at radius 1 is 1.14 bits per heavy atom. The Kier molecular flexibility index (Phi) is 6.98. The maximum Gasteiger partial charge on any atom is 0.343 e. The summed E-state index contributed by atoms with van der Waals surface area (Å²) in [5.41, 5.74) is -0.599. The largest absolute Gasteiger partial charge is 0.463 e. The lowest BCUT2D eigenvalue weighted by Crippen LogP contribution is -2.44. The second-order valence-electron chi connectivity index (χ2n) is 7.58. The topological polar surface area (TPSA) is 58.6 Å². The number of aliphatic hydroxyl groups is 1. The molecule has 0 amide bonds. The minimum atomic E-state index is -2.87. The average molecular weight is 403 g/mol. The number of carbonyl (C=O) groups excluding carboxylic acids is 1. The zero-order valence-electron chi connectivity index (χ0n) is 16.3. The van der Waals surface area contributed by atoms with Crippen molar-refractivity contribution < 1.29 is 23.4 Å². The average Bonchev–Trinajstić information content (AvgIpc) is 3.11. The van der Waals surface area contributed by atoms with E-state index < -0.39 is 29.8 Å². The van der Waals surface area contributed by atoms with Gasteiger partial charge in [-0.2, -0.15) is 0 Å². The monoisotopic (exact) mass is 403 g/mol. The molecule has 1 aliphatic carbocycles. The number of alkyl halides is 2. The summed E-state index contributed by atoms with van der Waals surface area (Å²) in [5, 5.41) is 14.5. The quantitative estimate of drug-likeness (QED) is 0.490. The molecule has 0 aromatic heterocycles. The molecule has 2 aromatic rings. The summed E-state index contributed by atoms with van der Waals surface area (Å²) >= 11 is 0. The number of carbonyl (C=O) groups is 1. The fourth-order valence-electron chi connectivity index (χ4n) is 3.82. The van der Waals surface area contributed by atoms with Gasteiger partial charge in [0.05, 0.1) is 6.61 Å². The Bertz CT molecular complexity index is 785. The number of esters is 1. The first-order valence-electron chi connectivity index (χ1n) is 9.99. The van der Waals surface area contributed by atoms with E-state index in [9.17, 15) is 18.7 Å². The molecule has 0 bridgehead atoms. The Morgan fingerprint density at radius 3 is 2.41 bits per heavy atom. The van der Waals surface area contributed by atoms with Crippen molar-refractivity contribution in [2.75, 3.05) is 13.2 Å². The van der Waals surface area contributed by atoms with Gasteiger partial charge in [0.2, 0.25) is 5.92 Å². The highest BCUT2D eigenvalue weighted by Gasteiger charge is 2.54. The maximum atomic E-state index is 13.8. The molecule has 2 N–H and O–H groups in total. The van der Waals surface area contributed by atoms with Crippen LogP contribution in [0.25, 0.3) is 0 Å². The predicted molar refractivity (Wildman–Crippen MR) is 106 cm³/mol. The van der Waals surface area contributed by atoms with Crippen molar-refractivity contribution in [1.29, 1.82) is 0 Å². The molecular formula is C23H27F2NO3. The Labute approximate surface area is 169 Å². The smallest absolute Gasteiger partial charge is 0.343 e. The number of hydrogen-bond donors (Lipinski definition) is 2. The number of nitrogens with one attached hydrogen (secondary N) is 1. The number of benzene rings is 2. The lowest BCUT2D eigenvalue weighted by atomic mass is 9.80. The molecule has 1 aliphatic rings. The summed E-state index contributed by atoms with van der Waals surface area (Å²) in [7, 11) is 0. The van der Waals surface area contributed by atoms with Gasteiger partial charge in [-0.15, -0.1) is 0 Å². The van der Waals surface area contributed by atoms with Gasteiger partial charge >= 0.3 is 5.97 Å². The summed E-state index contributed by atoms with van der Waals surface area (Å²) in [6.07, 6.45) is -0.216. The summed E-state index contributed by atoms with van der Waals surface area (Å²) in [5.74, 6) is -4.59. The van der Waals surface area contributed by atoms with E-state index >= 15 is 0 Å². The Hall–Kier alpha value is -2.31. The molecule has 0 heterocycles. The molecule has 29 heavy (non-hydrogen) atoms. The van der Waals surface area contributed by atoms with Gasteiger partial charge in [0.1, 0.15) is 0 Å². The van der Waals surface area contributed by atoms with Crippen molar-refractivity contribution in [3.8, 4) is 0 Å². The van der Waals surface area contributed by atoms with E-state index in [1.807, 2.05) is 30.3 Å². The molecule has 2 aromatic carbocycles. The molecule has 0 radical (unpaired) electrons. The van der Waals surface area contributed by atoms with Crippen LogP contribution in [0.2, 0.25) is 0 Å². The third kappa shape index (κ3) is 5.40. The number of hydrogen-bond acceptors (Lipinski definition) is 4. The van der Waals surface area contributed by atoms with Gasteiger partial charge in [-0.1, -0.05) is 60.7 Å². The van der Waals surface area contributed by atoms with Crippen LogP contribution in [0.3, 0.4) is 0 Å². The van der Waals surface area contributed by atoms with Gasteiger partial charge in [-0.25, -0.2) is 13.6 Å². The van der Waals surface area contributed by atoms with Crippen molar-refractivity contribution in [1.82, 2.24) is 5.32 Å². The Balaban J connectivity index is 1.55. The fourth-order valence-corrected chi connectivity index (χ4v) is 3.82. The fraction of sp³-hybridized carbons (Fsp3) is 0.435. The zero-order chi connectivity index (χ0) is 20.7. The van der Waals surface area contributed by atoms with E-state index in [0.29, 0.717) is 25.1 Å². The van der Waals surface area contributed by atoms with Crippen LogP contribution in [-0.4, -0.2) is 30.2 Å². The van der Waals surface area contributed by atoms with Crippen LogP contribution < -0.4 is 5.32 Å². The SMILES string of the molecule is O=C(OCCCNCc1ccccc1)[C@](O)(c1ccccc1)[C@@H]1CCC(F)(F)C1. The van der Waals surface area contributed by atoms with Crippen LogP contribution in [0.1, 0.15) is 36.8 Å². The molecule has 3 rings (SSSR count). The molecular weight excluding hydrogens is 376 g/mol. The molecule has 0 spiro atoms. The van der Waals surface area contributed by atoms with Crippen LogP contribution in [-0.2, 0) is 21.7 Å². The third-order valence-electron chi connectivity index (χ3n) is 5.42. The van der Waals surface area contributed by atoms with Crippen molar-refractivity contribution in [2.45, 2.75) is 43.8 Å². The highest BCUT2D eigenvalue weighted by atomic mass is 19.3. The maximum absolute atomic E-state index is 13.8. The zero-order valence-corrected chi connectivity index (χ0v) is 16.3. The predicted octanol–water partition coefficient (Wildman–Crippen LogP) is 4.03. The van der Waals surface area contributed by atoms with E-state index in [0.717, 1.165) is 5.56 Å². The van der Waals surface area contributed by atoms with Gasteiger partial charge in [-0.05, 0) is 30.5 Å². The molecule has 0 aliphatic heterocycles. The molecule has 156 valence electrons. The van der Waals surface area contributed by atoms with Crippen LogP contribution >= 0.6 is 0 Å². The standard InChI is InChI=1S/C23H27F2NO3/c24-22(25)13-12-20(16-22)23(28,19-10-5-2-6-11-19)21(27)29-15-7-14-26-17-18-8-3-1-4-9-18/h1-6,8-11,20,26,28H,7,12-17H2/t20-,23+/m1/s1. The second-order valence-corrected chi connectivity index (χ2v) is 7.58. The first-order valence-corrected chi connectivity index (χ1v) is 9.99. The van der Waals surface area contributed by atoms with Crippen LogP contribution in [0.15, 0.2) is 60.7 Å². The lowest BCUT2D eigenvalue weighted by molar-refractivity contribution is -0.174. The molecule has 0 saturated heterocycles. The highest BCUT2D eigenvalue weighted by molar-refractivity contribution is 5.81. The first-order chi connectivity index (χ1) is 13.9. The van der Waals surface area contributed by atoms with E-state index in [1.54, 1.807) is 30.3 Å². The summed E-state index contributed by atoms with van der Waals surface area (Å²) in [6.45, 7) is 1.45. The van der Waals surface area contributed by atoms with Gasteiger partial charge in [0, 0.05) is 25.3 Å². The molecule has 2 atom stereocenters. The molecule has 1 saturated carbocycles. The first kappa shape index (κ1) is 21.4. The minimum Gasteiger partial charge on any atom is -0.463 e. The highest BCUT2D eigenvalue weighted by Crippen LogP contribution is 2.47. The van der Waals surface area contributed by atoms with E-state index in [1.165, 1.54) is 0 Å². The van der Waals surface area contributed by atoms with Crippen molar-refractivity contribution in [3.63, 3.8) is 0 Å². The van der Waals surface area contributed by atoms with Crippen molar-refractivity contribution in [2.24, 2.45) is 5.92 Å². The van der Waals surface area contributed by atoms with E-state index in [4.69, 9.17) is 4.74 Å². The van der Waals surface area contributed by atoms with Crippen LogP contribution in [0, 0.1) is 5.92 Å². The van der Waals surface area contributed by atoms with Gasteiger partial charge < -0.3 is 15.2 Å². The van der Waals surface area contributed by atoms with Gasteiger partial charge in [-0.3, -0.25) is 0 Å². The molecule has 6 heteroatoms. The van der Waals surface area contributed by atoms with Crippen molar-refractivity contribution >= 4 is 5.97 Å². The Morgan fingerprint density at radius 2 is 1.79 bits per heavy atom. The van der Waals surface area contributed by atoms with E-state index in [-0.39, 0.29) is 19.4 Å². The van der Waals surface area contributed by atoms with Gasteiger partial charge in [0.25, 0.3) is 0 Å². The minimum absolute atomic E-state index is 0.0755. The molecule has 1 fully saturated rings. The molecule has 0 unspecified atom stereocenters. The van der Waals surface area contributed by atoms with Crippen molar-refractivity contribution in [3.05, 3.63) is 71.8 Å². The summed E-state index contributed by atoms with van der Waals surface area (Å²) in [4.78, 5) is 12.8. The lowest BCUT2D eigenvalue weighted by Gasteiger charge is -2.32. The number of rotatable bonds is 9. The normalized spacial score (nSPS) is 20.2. The van der Waals surface area contributed by atoms with Gasteiger partial charge in [0.15, 0.2) is 5.60 Å². The second kappa shape index (κ2) is 9.46. The van der Waals surface area contributed by atoms with Crippen LogP contribution in [0.4, 0.5) is 8.78 Å².